The van der Waals surface area contributed by atoms with Crippen LogP contribution in [-0.4, -0.2) is 74.3 Å². The zero-order valence-corrected chi connectivity index (χ0v) is 22.5. The first-order valence-electron chi connectivity index (χ1n) is 13.1. The number of pyridine rings is 1. The van der Waals surface area contributed by atoms with E-state index < -0.39 is 0 Å². The molecule has 1 saturated carbocycles. The van der Waals surface area contributed by atoms with E-state index in [0.29, 0.717) is 58.0 Å². The standard InChI is InChI=1S/C28H29ClN8O2/c1-28(5-6-28)39-27-24-26(33-18-34-27)37(17-20-14-19(16-30)4-7-32-20)25(35-24)22-3-2-21(15-23(22)29)38-13-12-36-10-8-31-9-11-36/h2-4,7,14-15,18,31H,5-6,8-13,17H2,1H3. The third-order valence-electron chi connectivity index (χ3n) is 7.13. The van der Waals surface area contributed by atoms with Gasteiger partial charge in [0, 0.05) is 44.5 Å². The number of aromatic nitrogens is 5. The van der Waals surface area contributed by atoms with Gasteiger partial charge >= 0.3 is 0 Å². The molecule has 39 heavy (non-hydrogen) atoms. The zero-order chi connectivity index (χ0) is 26.8. The number of rotatable bonds is 9. The summed E-state index contributed by atoms with van der Waals surface area (Å²) >= 11 is 6.82. The van der Waals surface area contributed by atoms with Gasteiger partial charge in [-0.25, -0.2) is 9.97 Å². The van der Waals surface area contributed by atoms with Crippen LogP contribution in [0.25, 0.3) is 22.6 Å². The maximum absolute atomic E-state index is 9.37. The summed E-state index contributed by atoms with van der Waals surface area (Å²) in [7, 11) is 0. The maximum Gasteiger partial charge on any atom is 0.245 e. The summed E-state index contributed by atoms with van der Waals surface area (Å²) in [5.74, 6) is 1.76. The summed E-state index contributed by atoms with van der Waals surface area (Å²) < 4.78 is 14.2. The number of hydrogen-bond acceptors (Lipinski definition) is 9. The van der Waals surface area contributed by atoms with E-state index in [1.807, 2.05) is 22.8 Å². The van der Waals surface area contributed by atoms with Crippen molar-refractivity contribution in [2.24, 2.45) is 0 Å². The van der Waals surface area contributed by atoms with Crippen LogP contribution < -0.4 is 14.8 Å². The van der Waals surface area contributed by atoms with Crippen molar-refractivity contribution in [2.75, 3.05) is 39.3 Å². The molecule has 0 amide bonds. The first-order valence-corrected chi connectivity index (χ1v) is 13.5. The second kappa shape index (κ2) is 10.8. The van der Waals surface area contributed by atoms with Gasteiger partial charge in [-0.3, -0.25) is 9.88 Å². The van der Waals surface area contributed by atoms with E-state index in [9.17, 15) is 5.26 Å². The summed E-state index contributed by atoms with van der Waals surface area (Å²) in [6.07, 6.45) is 5.06. The van der Waals surface area contributed by atoms with Gasteiger partial charge in [0.2, 0.25) is 5.88 Å². The lowest BCUT2D eigenvalue weighted by Gasteiger charge is -2.26. The number of imidazole rings is 1. The molecule has 1 aliphatic heterocycles. The lowest BCUT2D eigenvalue weighted by molar-refractivity contribution is 0.191. The molecule has 0 atom stereocenters. The van der Waals surface area contributed by atoms with Crippen molar-refractivity contribution in [3.05, 3.63) is 59.1 Å². The zero-order valence-electron chi connectivity index (χ0n) is 21.7. The van der Waals surface area contributed by atoms with E-state index in [2.05, 4.69) is 38.2 Å². The largest absolute Gasteiger partial charge is 0.492 e. The number of hydrogen-bond donors (Lipinski definition) is 1. The van der Waals surface area contributed by atoms with Gasteiger partial charge in [0.1, 0.15) is 30.1 Å². The highest BCUT2D eigenvalue weighted by Gasteiger charge is 2.41. The Morgan fingerprint density at radius 2 is 1.97 bits per heavy atom. The van der Waals surface area contributed by atoms with Crippen LogP contribution in [-0.2, 0) is 6.54 Å². The number of halogens is 1. The number of fused-ring (bicyclic) bond motifs is 1. The molecule has 10 nitrogen and oxygen atoms in total. The molecule has 1 aromatic carbocycles. The van der Waals surface area contributed by atoms with Crippen molar-refractivity contribution in [1.29, 1.82) is 5.26 Å². The highest BCUT2D eigenvalue weighted by atomic mass is 35.5. The van der Waals surface area contributed by atoms with Crippen molar-refractivity contribution in [3.63, 3.8) is 0 Å². The van der Waals surface area contributed by atoms with Gasteiger partial charge in [0.15, 0.2) is 11.2 Å². The Balaban J connectivity index is 1.33. The molecular weight excluding hydrogens is 516 g/mol. The topological polar surface area (TPSA) is 114 Å². The fraction of sp³-hybridized carbons (Fsp3) is 0.393. The van der Waals surface area contributed by atoms with Gasteiger partial charge in [0.25, 0.3) is 0 Å². The Hall–Kier alpha value is -3.78. The van der Waals surface area contributed by atoms with Crippen molar-refractivity contribution in [3.8, 4) is 29.1 Å². The Bertz CT molecular complexity index is 1540. The predicted octanol–water partition coefficient (Wildman–Crippen LogP) is 3.68. The molecular formula is C28H29ClN8O2. The van der Waals surface area contributed by atoms with Gasteiger partial charge in [-0.15, -0.1) is 0 Å². The lowest BCUT2D eigenvalue weighted by atomic mass is 10.2. The molecule has 2 aliphatic rings. The molecule has 11 heteroatoms. The highest BCUT2D eigenvalue weighted by molar-refractivity contribution is 6.33. The summed E-state index contributed by atoms with van der Waals surface area (Å²) in [6, 6.07) is 11.3. The highest BCUT2D eigenvalue weighted by Crippen LogP contribution is 2.41. The van der Waals surface area contributed by atoms with E-state index in [0.717, 1.165) is 51.1 Å². The molecule has 3 aromatic heterocycles. The average molecular weight is 545 g/mol. The molecule has 4 heterocycles. The second-order valence-corrected chi connectivity index (χ2v) is 10.6. The first kappa shape index (κ1) is 25.5. The molecule has 1 saturated heterocycles. The minimum absolute atomic E-state index is 0.227. The third kappa shape index (κ3) is 5.66. The van der Waals surface area contributed by atoms with Crippen LogP contribution in [0.1, 0.15) is 31.0 Å². The van der Waals surface area contributed by atoms with E-state index in [-0.39, 0.29) is 5.60 Å². The summed E-state index contributed by atoms with van der Waals surface area (Å²) in [4.78, 5) is 20.7. The SMILES string of the molecule is CC1(Oc2ncnc3c2nc(-c2ccc(OCCN4CCNCC4)cc2Cl)n3Cc2cc(C#N)ccn2)CC1. The van der Waals surface area contributed by atoms with Crippen LogP contribution in [0.4, 0.5) is 0 Å². The Morgan fingerprint density at radius 1 is 1.13 bits per heavy atom. The lowest BCUT2D eigenvalue weighted by Crippen LogP contribution is -2.44. The van der Waals surface area contributed by atoms with Crippen molar-refractivity contribution in [2.45, 2.75) is 31.9 Å². The Labute approximate surface area is 231 Å². The molecule has 4 aromatic rings. The van der Waals surface area contributed by atoms with E-state index in [1.54, 1.807) is 18.3 Å². The molecule has 1 N–H and O–H groups in total. The Morgan fingerprint density at radius 3 is 2.74 bits per heavy atom. The van der Waals surface area contributed by atoms with Gasteiger partial charge in [0.05, 0.1) is 28.9 Å². The molecule has 0 bridgehead atoms. The fourth-order valence-corrected chi connectivity index (χ4v) is 4.90. The smallest absolute Gasteiger partial charge is 0.245 e. The van der Waals surface area contributed by atoms with Gasteiger partial charge in [-0.05, 0) is 50.1 Å². The maximum atomic E-state index is 9.37. The van der Waals surface area contributed by atoms with Crippen molar-refractivity contribution in [1.82, 2.24) is 34.7 Å². The van der Waals surface area contributed by atoms with Crippen LogP contribution in [0.5, 0.6) is 11.6 Å². The summed E-state index contributed by atoms with van der Waals surface area (Å²) in [5, 5.41) is 13.2. The molecule has 2 fully saturated rings. The van der Waals surface area contributed by atoms with Crippen LogP contribution in [0.15, 0.2) is 42.9 Å². The summed E-state index contributed by atoms with van der Waals surface area (Å²) in [5.41, 5.74) is 2.90. The molecule has 0 spiro atoms. The van der Waals surface area contributed by atoms with Crippen LogP contribution >= 0.6 is 11.6 Å². The fourth-order valence-electron chi connectivity index (χ4n) is 4.65. The van der Waals surface area contributed by atoms with Gasteiger partial charge in [-0.2, -0.15) is 10.2 Å². The third-order valence-corrected chi connectivity index (χ3v) is 7.44. The second-order valence-electron chi connectivity index (χ2n) is 10.2. The number of benzene rings is 1. The molecule has 1 aliphatic carbocycles. The Kier molecular flexibility index (Phi) is 7.04. The normalized spacial score (nSPS) is 16.6. The molecule has 200 valence electrons. The summed E-state index contributed by atoms with van der Waals surface area (Å²) in [6.45, 7) is 7.93. The van der Waals surface area contributed by atoms with Crippen LogP contribution in [0.2, 0.25) is 5.02 Å². The first-order chi connectivity index (χ1) is 19.0. The van der Waals surface area contributed by atoms with Gasteiger partial charge < -0.3 is 19.4 Å². The van der Waals surface area contributed by atoms with Crippen molar-refractivity contribution < 1.29 is 9.47 Å². The van der Waals surface area contributed by atoms with E-state index in [4.69, 9.17) is 26.1 Å². The van der Waals surface area contributed by atoms with Crippen molar-refractivity contribution >= 4 is 22.8 Å². The quantitative estimate of drug-likeness (QED) is 0.337. The number of nitrogens with zero attached hydrogens (tertiary/aromatic N) is 7. The molecule has 6 rings (SSSR count). The number of ether oxygens (including phenoxy) is 2. The van der Waals surface area contributed by atoms with Gasteiger partial charge in [-0.1, -0.05) is 11.6 Å². The minimum Gasteiger partial charge on any atom is -0.492 e. The number of nitriles is 1. The van der Waals surface area contributed by atoms with Crippen LogP contribution in [0, 0.1) is 11.3 Å². The molecule has 0 radical (unpaired) electrons. The van der Waals surface area contributed by atoms with Crippen LogP contribution in [0.3, 0.4) is 0 Å². The average Bonchev–Trinajstić information content (AvgIpc) is 3.57. The monoisotopic (exact) mass is 544 g/mol. The number of piperazine rings is 1. The minimum atomic E-state index is -0.227. The predicted molar refractivity (Wildman–Crippen MR) is 147 cm³/mol. The molecule has 0 unspecified atom stereocenters. The van der Waals surface area contributed by atoms with E-state index >= 15 is 0 Å². The van der Waals surface area contributed by atoms with E-state index in [1.165, 1.54) is 6.33 Å². The number of nitrogens with one attached hydrogen (secondary N) is 1.